The number of ether oxygens (including phenoxy) is 1. The summed E-state index contributed by atoms with van der Waals surface area (Å²) >= 11 is 0. The molecule has 4 nitrogen and oxygen atoms in total. The number of hydrogen-bond acceptors (Lipinski definition) is 3. The minimum atomic E-state index is -3.49. The minimum Gasteiger partial charge on any atom is -0.492 e. The number of benzene rings is 2. The maximum Gasteiger partial charge on any atom is 0.240 e. The first-order chi connectivity index (χ1) is 12.6. The van der Waals surface area contributed by atoms with Gasteiger partial charge in [0.25, 0.3) is 0 Å². The zero-order valence-electron chi connectivity index (χ0n) is 15.0. The summed E-state index contributed by atoms with van der Waals surface area (Å²) in [6.07, 6.45) is 7.82. The third-order valence-corrected chi connectivity index (χ3v) is 6.82. The van der Waals surface area contributed by atoms with Gasteiger partial charge in [0.05, 0.1) is 4.90 Å². The molecule has 0 amide bonds. The van der Waals surface area contributed by atoms with E-state index in [0.717, 1.165) is 37.9 Å². The molecule has 138 valence electrons. The number of aryl methyl sites for hydroxylation is 4. The van der Waals surface area contributed by atoms with Gasteiger partial charge in [-0.05, 0) is 91.5 Å². The molecule has 2 aliphatic rings. The monoisotopic (exact) mass is 371 g/mol. The molecule has 0 atom stereocenters. The second kappa shape index (κ2) is 7.41. The van der Waals surface area contributed by atoms with Crippen LogP contribution in [-0.2, 0) is 35.7 Å². The molecule has 0 fully saturated rings. The highest BCUT2D eigenvalue weighted by molar-refractivity contribution is 7.89. The van der Waals surface area contributed by atoms with Crippen molar-refractivity contribution in [2.24, 2.45) is 0 Å². The Balaban J connectivity index is 1.33. The Hall–Kier alpha value is -1.85. The highest BCUT2D eigenvalue weighted by Gasteiger charge is 2.17. The van der Waals surface area contributed by atoms with Gasteiger partial charge >= 0.3 is 0 Å². The van der Waals surface area contributed by atoms with Crippen LogP contribution in [0, 0.1) is 0 Å². The molecule has 5 heteroatoms. The van der Waals surface area contributed by atoms with Crippen LogP contribution in [0.15, 0.2) is 41.3 Å². The standard InChI is InChI=1S/C21H25NO3S/c23-26(24,21-11-9-16-4-1-2-5-19(16)15-21)22-12-13-25-20-10-8-17-6-3-7-18(17)14-20/h8-11,14-15,22H,1-7,12-13H2. The minimum absolute atomic E-state index is 0.260. The lowest BCUT2D eigenvalue weighted by Gasteiger charge is -2.17. The summed E-state index contributed by atoms with van der Waals surface area (Å²) < 4.78 is 33.4. The topological polar surface area (TPSA) is 55.4 Å². The van der Waals surface area contributed by atoms with Crippen molar-refractivity contribution in [3.8, 4) is 5.75 Å². The van der Waals surface area contributed by atoms with Crippen LogP contribution in [0.25, 0.3) is 0 Å². The van der Waals surface area contributed by atoms with Gasteiger partial charge in [0.1, 0.15) is 12.4 Å². The lowest BCUT2D eigenvalue weighted by Crippen LogP contribution is -2.28. The van der Waals surface area contributed by atoms with E-state index in [1.165, 1.54) is 35.1 Å². The first-order valence-electron chi connectivity index (χ1n) is 9.48. The summed E-state index contributed by atoms with van der Waals surface area (Å²) in [7, 11) is -3.49. The van der Waals surface area contributed by atoms with E-state index in [1.807, 2.05) is 18.2 Å². The van der Waals surface area contributed by atoms with E-state index in [2.05, 4.69) is 16.9 Å². The average molecular weight is 372 g/mol. The quantitative estimate of drug-likeness (QED) is 0.792. The smallest absolute Gasteiger partial charge is 0.240 e. The molecule has 0 radical (unpaired) electrons. The lowest BCUT2D eigenvalue weighted by atomic mass is 9.92. The van der Waals surface area contributed by atoms with Gasteiger partial charge in [0.2, 0.25) is 10.0 Å². The summed E-state index contributed by atoms with van der Waals surface area (Å²) in [6, 6.07) is 11.7. The van der Waals surface area contributed by atoms with Gasteiger partial charge in [0.15, 0.2) is 0 Å². The van der Waals surface area contributed by atoms with E-state index in [1.54, 1.807) is 6.07 Å². The first kappa shape index (κ1) is 17.6. The van der Waals surface area contributed by atoms with Gasteiger partial charge in [0, 0.05) is 6.54 Å². The fourth-order valence-corrected chi connectivity index (χ4v) is 5.01. The third kappa shape index (κ3) is 3.79. The Morgan fingerprint density at radius 2 is 1.46 bits per heavy atom. The molecular weight excluding hydrogens is 346 g/mol. The maximum atomic E-state index is 12.5. The zero-order valence-corrected chi connectivity index (χ0v) is 15.8. The molecule has 0 saturated heterocycles. The largest absolute Gasteiger partial charge is 0.492 e. The maximum absolute atomic E-state index is 12.5. The van der Waals surface area contributed by atoms with Crippen LogP contribution in [0.5, 0.6) is 5.75 Å². The molecule has 2 aromatic carbocycles. The van der Waals surface area contributed by atoms with Crippen LogP contribution >= 0.6 is 0 Å². The Bertz CT molecular complexity index is 905. The van der Waals surface area contributed by atoms with Gasteiger partial charge in [-0.3, -0.25) is 0 Å². The summed E-state index contributed by atoms with van der Waals surface area (Å²) in [5.74, 6) is 0.818. The van der Waals surface area contributed by atoms with E-state index < -0.39 is 10.0 Å². The van der Waals surface area contributed by atoms with E-state index in [-0.39, 0.29) is 6.54 Å². The Morgan fingerprint density at radius 1 is 0.808 bits per heavy atom. The molecule has 0 unspecified atom stereocenters. The summed E-state index contributed by atoms with van der Waals surface area (Å²) in [5, 5.41) is 0. The molecule has 0 spiro atoms. The molecule has 2 aromatic rings. The van der Waals surface area contributed by atoms with Gasteiger partial charge in [-0.1, -0.05) is 12.1 Å². The Morgan fingerprint density at radius 3 is 2.31 bits per heavy atom. The second-order valence-electron chi connectivity index (χ2n) is 7.17. The van der Waals surface area contributed by atoms with Crippen molar-refractivity contribution in [2.45, 2.75) is 49.8 Å². The fourth-order valence-electron chi connectivity index (χ4n) is 3.94. The summed E-state index contributed by atoms with van der Waals surface area (Å²) in [6.45, 7) is 0.583. The van der Waals surface area contributed by atoms with Gasteiger partial charge < -0.3 is 4.74 Å². The highest BCUT2D eigenvalue weighted by Crippen LogP contribution is 2.26. The molecule has 0 saturated carbocycles. The molecular formula is C21H25NO3S. The molecule has 2 aliphatic carbocycles. The van der Waals surface area contributed by atoms with Crippen LogP contribution in [-0.4, -0.2) is 21.6 Å². The van der Waals surface area contributed by atoms with Crippen molar-refractivity contribution in [3.05, 3.63) is 58.7 Å². The normalized spacial score (nSPS) is 16.2. The van der Waals surface area contributed by atoms with Gasteiger partial charge in [-0.25, -0.2) is 13.1 Å². The molecule has 0 aliphatic heterocycles. The summed E-state index contributed by atoms with van der Waals surface area (Å²) in [5.41, 5.74) is 5.23. The molecule has 0 aromatic heterocycles. The van der Waals surface area contributed by atoms with Crippen LogP contribution in [0.2, 0.25) is 0 Å². The van der Waals surface area contributed by atoms with E-state index in [9.17, 15) is 8.42 Å². The van der Waals surface area contributed by atoms with Crippen LogP contribution < -0.4 is 9.46 Å². The van der Waals surface area contributed by atoms with Crippen molar-refractivity contribution in [3.63, 3.8) is 0 Å². The van der Waals surface area contributed by atoms with E-state index in [0.29, 0.717) is 11.5 Å². The average Bonchev–Trinajstić information content (AvgIpc) is 3.13. The second-order valence-corrected chi connectivity index (χ2v) is 8.93. The number of hydrogen-bond donors (Lipinski definition) is 1. The van der Waals surface area contributed by atoms with Crippen molar-refractivity contribution < 1.29 is 13.2 Å². The van der Waals surface area contributed by atoms with Crippen molar-refractivity contribution in [1.29, 1.82) is 0 Å². The van der Waals surface area contributed by atoms with Crippen molar-refractivity contribution in [2.75, 3.05) is 13.2 Å². The van der Waals surface area contributed by atoms with Crippen molar-refractivity contribution in [1.82, 2.24) is 4.72 Å². The number of rotatable bonds is 6. The van der Waals surface area contributed by atoms with Crippen LogP contribution in [0.1, 0.15) is 41.5 Å². The SMILES string of the molecule is O=S(=O)(NCCOc1ccc2c(c1)CCC2)c1ccc2c(c1)CCCC2. The van der Waals surface area contributed by atoms with Gasteiger partial charge in [-0.15, -0.1) is 0 Å². The predicted octanol–water partition coefficient (Wildman–Crippen LogP) is 3.41. The molecule has 1 N–H and O–H groups in total. The Kier molecular flexibility index (Phi) is 5.00. The highest BCUT2D eigenvalue weighted by atomic mass is 32.2. The van der Waals surface area contributed by atoms with Crippen LogP contribution in [0.4, 0.5) is 0 Å². The van der Waals surface area contributed by atoms with Gasteiger partial charge in [-0.2, -0.15) is 0 Å². The molecule has 0 heterocycles. The van der Waals surface area contributed by atoms with E-state index in [4.69, 9.17) is 4.74 Å². The first-order valence-corrected chi connectivity index (χ1v) is 11.0. The molecule has 4 rings (SSSR count). The number of nitrogens with one attached hydrogen (secondary N) is 1. The van der Waals surface area contributed by atoms with E-state index >= 15 is 0 Å². The summed E-state index contributed by atoms with van der Waals surface area (Å²) in [4.78, 5) is 0.357. The molecule has 0 bridgehead atoms. The zero-order chi connectivity index (χ0) is 18.0. The molecule has 26 heavy (non-hydrogen) atoms. The predicted molar refractivity (Wildman–Crippen MR) is 102 cm³/mol. The van der Waals surface area contributed by atoms with Crippen LogP contribution in [0.3, 0.4) is 0 Å². The fraction of sp³-hybridized carbons (Fsp3) is 0.429. The Labute approximate surface area is 155 Å². The lowest BCUT2D eigenvalue weighted by molar-refractivity contribution is 0.322. The number of sulfonamides is 1. The van der Waals surface area contributed by atoms with Crippen molar-refractivity contribution >= 4 is 10.0 Å². The number of fused-ring (bicyclic) bond motifs is 2. The third-order valence-electron chi connectivity index (χ3n) is 5.36.